The van der Waals surface area contributed by atoms with E-state index in [1.807, 2.05) is 12.1 Å². The molecule has 0 spiro atoms. The molecule has 0 amide bonds. The predicted molar refractivity (Wildman–Crippen MR) is 315 cm³/mol. The molecule has 3 nitrogen and oxygen atoms in total. The maximum atomic E-state index is 6.22. The Morgan fingerprint density at radius 3 is 1.21 bits per heavy atom. The van der Waals surface area contributed by atoms with Gasteiger partial charge in [-0.25, -0.2) is 0 Å². The third kappa shape index (κ3) is 8.14. The number of para-hydroxylation sites is 3. The largest absolute Gasteiger partial charge is 0.456 e. The van der Waals surface area contributed by atoms with Crippen molar-refractivity contribution in [2.24, 2.45) is 0 Å². The molecule has 2 aromatic heterocycles. The number of aromatic nitrogens is 1. The molecule has 2 heterocycles. The summed E-state index contributed by atoms with van der Waals surface area (Å²) < 4.78 is 8.60. The molecule has 0 unspecified atom stereocenters. The molecule has 352 valence electrons. The topological polar surface area (TPSA) is 21.3 Å². The Morgan fingerprint density at radius 2 is 0.613 bits per heavy atom. The highest BCUT2D eigenvalue weighted by Crippen LogP contribution is 2.41. The van der Waals surface area contributed by atoms with Gasteiger partial charge in [0.2, 0.25) is 0 Å². The summed E-state index contributed by atoms with van der Waals surface area (Å²) in [5, 5.41) is 4.81. The quantitative estimate of drug-likeness (QED) is 0.136. The zero-order valence-corrected chi connectivity index (χ0v) is 41.0. The van der Waals surface area contributed by atoms with Crippen LogP contribution in [0.3, 0.4) is 0 Å². The van der Waals surface area contributed by atoms with Gasteiger partial charge in [0.05, 0.1) is 11.0 Å². The van der Waals surface area contributed by atoms with Crippen molar-refractivity contribution in [1.29, 1.82) is 0 Å². The van der Waals surface area contributed by atoms with Gasteiger partial charge >= 0.3 is 0 Å². The first-order valence-electron chi connectivity index (χ1n) is 25.6. The van der Waals surface area contributed by atoms with Crippen molar-refractivity contribution in [2.45, 2.75) is 0 Å². The molecule has 12 aromatic carbocycles. The second-order valence-electron chi connectivity index (χ2n) is 19.3. The number of nitrogens with zero attached hydrogens (tertiary/aromatic N) is 2. The lowest BCUT2D eigenvalue weighted by Crippen LogP contribution is -2.10. The standard InChI is InChI=1S/C72H48N2O/c1-2-13-49(14-3-1)56-15-10-16-57(45-56)59-18-12-19-63(47-59)73(62-42-37-53(38-43-62)51-29-33-55(34-30-51)60-39-44-68-67-23-6-9-26-71(67)75-72(68)48-60)61-40-35-52(36-41-61)50-27-31-54(32-28-50)58-17-11-20-64(46-58)74-69-24-7-4-21-65(69)66-22-5-8-25-70(66)74/h1-48H. The monoisotopic (exact) mass is 956 g/mol. The van der Waals surface area contributed by atoms with E-state index in [2.05, 4.69) is 289 Å². The van der Waals surface area contributed by atoms with Crippen LogP contribution in [-0.4, -0.2) is 4.57 Å². The van der Waals surface area contributed by atoms with Gasteiger partial charge in [0.15, 0.2) is 0 Å². The third-order valence-corrected chi connectivity index (χ3v) is 14.8. The van der Waals surface area contributed by atoms with Gasteiger partial charge in [0.1, 0.15) is 11.2 Å². The van der Waals surface area contributed by atoms with Crippen molar-refractivity contribution >= 4 is 60.8 Å². The Hall–Kier alpha value is -9.96. The van der Waals surface area contributed by atoms with E-state index in [9.17, 15) is 0 Å². The van der Waals surface area contributed by atoms with E-state index in [1.165, 1.54) is 55.2 Å². The SMILES string of the molecule is c1ccc(-c2cccc(-c3cccc(N(c4ccc(-c5ccc(-c6cccc(-n7c8ccccc8c8ccccc87)c6)cc5)cc4)c4ccc(-c5ccc(-c6ccc7c(c6)oc6ccccc67)cc5)cc4)c3)c2)cc1. The zero-order valence-electron chi connectivity index (χ0n) is 41.0. The fourth-order valence-corrected chi connectivity index (χ4v) is 11.0. The second-order valence-corrected chi connectivity index (χ2v) is 19.3. The minimum Gasteiger partial charge on any atom is -0.456 e. The maximum absolute atomic E-state index is 6.22. The molecule has 0 fully saturated rings. The number of rotatable bonds is 10. The Balaban J connectivity index is 0.771. The molecule has 3 heteroatoms. The van der Waals surface area contributed by atoms with E-state index < -0.39 is 0 Å². The van der Waals surface area contributed by atoms with Gasteiger partial charge in [-0.2, -0.15) is 0 Å². The maximum Gasteiger partial charge on any atom is 0.136 e. The molecule has 0 saturated heterocycles. The van der Waals surface area contributed by atoms with Gasteiger partial charge in [-0.1, -0.05) is 206 Å². The summed E-state index contributed by atoms with van der Waals surface area (Å²) in [4.78, 5) is 2.36. The lowest BCUT2D eigenvalue weighted by Gasteiger charge is -2.26. The van der Waals surface area contributed by atoms with Crippen molar-refractivity contribution in [1.82, 2.24) is 4.57 Å². The highest BCUT2D eigenvalue weighted by Gasteiger charge is 2.17. The van der Waals surface area contributed by atoms with E-state index in [0.717, 1.165) is 78.1 Å². The molecule has 14 rings (SSSR count). The molecule has 0 atom stereocenters. The Bertz CT molecular complexity index is 4320. The van der Waals surface area contributed by atoms with Gasteiger partial charge in [0, 0.05) is 44.3 Å². The van der Waals surface area contributed by atoms with Crippen LogP contribution >= 0.6 is 0 Å². The molecule has 0 aliphatic carbocycles. The van der Waals surface area contributed by atoms with Crippen LogP contribution in [0.5, 0.6) is 0 Å². The van der Waals surface area contributed by atoms with Crippen molar-refractivity contribution in [3.8, 4) is 72.4 Å². The summed E-state index contributed by atoms with van der Waals surface area (Å²) in [6.45, 7) is 0. The first-order chi connectivity index (χ1) is 37.1. The number of furan rings is 1. The van der Waals surface area contributed by atoms with Crippen LogP contribution in [0, 0.1) is 0 Å². The number of hydrogen-bond donors (Lipinski definition) is 0. The van der Waals surface area contributed by atoms with Crippen LogP contribution < -0.4 is 4.90 Å². The van der Waals surface area contributed by atoms with Crippen molar-refractivity contribution in [2.75, 3.05) is 4.90 Å². The normalized spacial score (nSPS) is 11.5. The van der Waals surface area contributed by atoms with Crippen LogP contribution in [0.2, 0.25) is 0 Å². The van der Waals surface area contributed by atoms with Gasteiger partial charge in [-0.15, -0.1) is 0 Å². The zero-order chi connectivity index (χ0) is 49.7. The van der Waals surface area contributed by atoms with Crippen molar-refractivity contribution in [3.63, 3.8) is 0 Å². The molecule has 0 aliphatic heterocycles. The number of anilines is 3. The van der Waals surface area contributed by atoms with Crippen LogP contribution in [0.4, 0.5) is 17.1 Å². The van der Waals surface area contributed by atoms with Crippen LogP contribution in [-0.2, 0) is 0 Å². The summed E-state index contributed by atoms with van der Waals surface area (Å²) in [7, 11) is 0. The molecule has 0 saturated carbocycles. The number of benzene rings is 12. The summed E-state index contributed by atoms with van der Waals surface area (Å²) in [5.41, 5.74) is 22.6. The van der Waals surface area contributed by atoms with Gasteiger partial charge < -0.3 is 13.9 Å². The minimum absolute atomic E-state index is 0.905. The fraction of sp³-hybridized carbons (Fsp3) is 0. The molecular formula is C72H48N2O. The summed E-state index contributed by atoms with van der Waals surface area (Å²) in [5.74, 6) is 0. The minimum atomic E-state index is 0.905. The van der Waals surface area contributed by atoms with Crippen LogP contribution in [0.1, 0.15) is 0 Å². The molecular weight excluding hydrogens is 909 g/mol. The Morgan fingerprint density at radius 1 is 0.227 bits per heavy atom. The molecule has 0 radical (unpaired) electrons. The third-order valence-electron chi connectivity index (χ3n) is 14.8. The van der Waals surface area contributed by atoms with Gasteiger partial charge in [-0.3, -0.25) is 0 Å². The smallest absolute Gasteiger partial charge is 0.136 e. The number of hydrogen-bond acceptors (Lipinski definition) is 2. The van der Waals surface area contributed by atoms with Gasteiger partial charge in [0.25, 0.3) is 0 Å². The lowest BCUT2D eigenvalue weighted by molar-refractivity contribution is 0.669. The molecule has 14 aromatic rings. The fourth-order valence-electron chi connectivity index (χ4n) is 11.0. The van der Waals surface area contributed by atoms with Crippen LogP contribution in [0.15, 0.2) is 296 Å². The van der Waals surface area contributed by atoms with Crippen molar-refractivity contribution < 1.29 is 4.42 Å². The van der Waals surface area contributed by atoms with E-state index >= 15 is 0 Å². The van der Waals surface area contributed by atoms with E-state index in [-0.39, 0.29) is 0 Å². The Kier molecular flexibility index (Phi) is 10.8. The van der Waals surface area contributed by atoms with E-state index in [0.29, 0.717) is 0 Å². The van der Waals surface area contributed by atoms with Gasteiger partial charge in [-0.05, 0) is 152 Å². The lowest BCUT2D eigenvalue weighted by atomic mass is 9.98. The molecule has 0 N–H and O–H groups in total. The van der Waals surface area contributed by atoms with E-state index in [4.69, 9.17) is 4.42 Å². The van der Waals surface area contributed by atoms with E-state index in [1.54, 1.807) is 0 Å². The predicted octanol–water partition coefficient (Wildman–Crippen LogP) is 20.2. The average Bonchev–Trinajstić information content (AvgIpc) is 4.04. The first kappa shape index (κ1) is 43.8. The highest BCUT2D eigenvalue weighted by atomic mass is 16.3. The summed E-state index contributed by atoms with van der Waals surface area (Å²) in [6.07, 6.45) is 0. The highest BCUT2D eigenvalue weighted by molar-refractivity contribution is 6.09. The average molecular weight is 957 g/mol. The van der Waals surface area contributed by atoms with Crippen molar-refractivity contribution in [3.05, 3.63) is 291 Å². The molecule has 0 bridgehead atoms. The number of fused-ring (bicyclic) bond motifs is 6. The second kappa shape index (κ2) is 18.6. The summed E-state index contributed by atoms with van der Waals surface area (Å²) in [6, 6.07) is 105. The first-order valence-corrected chi connectivity index (χ1v) is 25.6. The van der Waals surface area contributed by atoms with Crippen LogP contribution in [0.25, 0.3) is 116 Å². The summed E-state index contributed by atoms with van der Waals surface area (Å²) >= 11 is 0. The Labute approximate surface area is 436 Å². The molecule has 75 heavy (non-hydrogen) atoms. The molecule has 0 aliphatic rings.